The molecule has 0 aliphatic carbocycles. The number of aromatic amines is 1. The lowest BCUT2D eigenvalue weighted by atomic mass is 10.2. The Morgan fingerprint density at radius 3 is 2.62 bits per heavy atom. The van der Waals surface area contributed by atoms with E-state index in [0.29, 0.717) is 37.6 Å². The summed E-state index contributed by atoms with van der Waals surface area (Å²) in [5, 5.41) is 0. The van der Waals surface area contributed by atoms with Crippen molar-refractivity contribution in [2.45, 2.75) is 52.5 Å². The highest BCUT2D eigenvalue weighted by Crippen LogP contribution is 2.22. The smallest absolute Gasteiger partial charge is 0.330 e. The summed E-state index contributed by atoms with van der Waals surface area (Å²) in [6.45, 7) is 4.57. The van der Waals surface area contributed by atoms with Gasteiger partial charge in [-0.05, 0) is 12.8 Å². The number of rotatable bonds is 10. The van der Waals surface area contributed by atoms with Gasteiger partial charge in [-0.15, -0.1) is 0 Å². The third kappa shape index (κ3) is 5.16. The van der Waals surface area contributed by atoms with Crippen LogP contribution in [0.1, 0.15) is 45.4 Å². The number of nitrogens with one attached hydrogen (secondary N) is 1. The Morgan fingerprint density at radius 2 is 1.94 bits per heavy atom. The van der Waals surface area contributed by atoms with Gasteiger partial charge >= 0.3 is 5.69 Å². The van der Waals surface area contributed by atoms with Crippen molar-refractivity contribution in [2.75, 3.05) is 17.2 Å². The number of nitrogens with two attached hydrogens (primary N) is 1. The fourth-order valence-electron chi connectivity index (χ4n) is 3.47. The summed E-state index contributed by atoms with van der Waals surface area (Å²) < 4.78 is 7.08. The van der Waals surface area contributed by atoms with Gasteiger partial charge in [-0.3, -0.25) is 19.1 Å². The second kappa shape index (κ2) is 10.6. The molecule has 0 unspecified atom stereocenters. The van der Waals surface area contributed by atoms with E-state index < -0.39 is 11.2 Å². The second-order valence-electron chi connectivity index (χ2n) is 7.53. The molecule has 3 rings (SSSR count). The van der Waals surface area contributed by atoms with Crippen molar-refractivity contribution >= 4 is 17.4 Å². The van der Waals surface area contributed by atoms with Crippen LogP contribution in [0.25, 0.3) is 11.3 Å². The largest absolute Gasteiger partial charge is 0.441 e. The number of aromatic nitrogens is 3. The highest BCUT2D eigenvalue weighted by Gasteiger charge is 2.24. The monoisotopic (exact) mass is 439 g/mol. The Kier molecular flexibility index (Phi) is 7.64. The molecule has 3 N–H and O–H groups in total. The number of nitrogen functional groups attached to an aromatic ring is 1. The minimum absolute atomic E-state index is 0.00698. The number of benzene rings is 1. The SMILES string of the molecule is CCCCN(C(=O)CCc1ncc(-c2ccccc2)o1)c1c(N)n(CCC)c(=O)[nH]c1=O. The maximum Gasteiger partial charge on any atom is 0.330 e. The van der Waals surface area contributed by atoms with Crippen LogP contribution in [0, 0.1) is 0 Å². The maximum absolute atomic E-state index is 13.1. The molecule has 9 heteroatoms. The average molecular weight is 440 g/mol. The summed E-state index contributed by atoms with van der Waals surface area (Å²) in [5.41, 5.74) is 5.86. The van der Waals surface area contributed by atoms with Gasteiger partial charge in [0.1, 0.15) is 5.82 Å². The first kappa shape index (κ1) is 23.1. The molecule has 1 aromatic carbocycles. The Hall–Kier alpha value is -3.62. The summed E-state index contributed by atoms with van der Waals surface area (Å²) in [7, 11) is 0. The van der Waals surface area contributed by atoms with Crippen molar-refractivity contribution < 1.29 is 9.21 Å². The number of unbranched alkanes of at least 4 members (excludes halogenated alkanes) is 1. The topological polar surface area (TPSA) is 127 Å². The van der Waals surface area contributed by atoms with Crippen LogP contribution in [0.4, 0.5) is 11.5 Å². The quantitative estimate of drug-likeness (QED) is 0.500. The van der Waals surface area contributed by atoms with Gasteiger partial charge in [0.25, 0.3) is 5.56 Å². The van der Waals surface area contributed by atoms with Crippen molar-refractivity contribution in [3.05, 3.63) is 63.3 Å². The van der Waals surface area contributed by atoms with Crippen molar-refractivity contribution in [1.29, 1.82) is 0 Å². The molecule has 0 spiro atoms. The number of anilines is 2. The van der Waals surface area contributed by atoms with E-state index in [-0.39, 0.29) is 30.3 Å². The van der Waals surface area contributed by atoms with Crippen LogP contribution < -0.4 is 21.9 Å². The first-order valence-electron chi connectivity index (χ1n) is 10.9. The number of aryl methyl sites for hydroxylation is 1. The molecule has 1 amide bonds. The molecule has 0 fully saturated rings. The van der Waals surface area contributed by atoms with Crippen LogP contribution in [0.2, 0.25) is 0 Å². The van der Waals surface area contributed by atoms with E-state index in [1.807, 2.05) is 44.2 Å². The standard InChI is InChI=1S/C23H29N5O4/c1-3-5-14-27(20-21(24)28(13-4-2)23(31)26-22(20)30)19(29)12-11-18-25-15-17(32-18)16-9-7-6-8-10-16/h6-10,15H,3-5,11-14,24H2,1-2H3,(H,26,30,31). The highest BCUT2D eigenvalue weighted by molar-refractivity contribution is 5.95. The minimum Gasteiger partial charge on any atom is -0.441 e. The minimum atomic E-state index is -0.660. The van der Waals surface area contributed by atoms with E-state index in [1.54, 1.807) is 6.20 Å². The molecule has 0 radical (unpaired) electrons. The first-order valence-corrected chi connectivity index (χ1v) is 10.9. The predicted octanol–water partition coefficient (Wildman–Crippen LogP) is 2.95. The molecule has 32 heavy (non-hydrogen) atoms. The first-order chi connectivity index (χ1) is 15.5. The Balaban J connectivity index is 1.82. The number of carbonyl (C=O) groups is 1. The Labute approximate surface area is 185 Å². The molecule has 0 bridgehead atoms. The van der Waals surface area contributed by atoms with Gasteiger partial charge in [-0.1, -0.05) is 50.6 Å². The number of H-pyrrole nitrogens is 1. The summed E-state index contributed by atoms with van der Waals surface area (Å²) in [6.07, 6.45) is 4.18. The lowest BCUT2D eigenvalue weighted by Gasteiger charge is -2.24. The van der Waals surface area contributed by atoms with E-state index in [1.165, 1.54) is 9.47 Å². The summed E-state index contributed by atoms with van der Waals surface area (Å²) in [6, 6.07) is 9.57. The zero-order valence-corrected chi connectivity index (χ0v) is 18.5. The molecule has 0 aliphatic heterocycles. The molecule has 3 aromatic rings. The van der Waals surface area contributed by atoms with E-state index in [0.717, 1.165) is 12.0 Å². The van der Waals surface area contributed by atoms with Crippen LogP contribution in [0.3, 0.4) is 0 Å². The number of nitrogens with zero attached hydrogens (tertiary/aromatic N) is 3. The summed E-state index contributed by atoms with van der Waals surface area (Å²) in [4.78, 5) is 45.8. The van der Waals surface area contributed by atoms with Gasteiger partial charge in [0.05, 0.1) is 6.20 Å². The van der Waals surface area contributed by atoms with Gasteiger partial charge in [0.15, 0.2) is 17.3 Å². The molecule has 0 atom stereocenters. The highest BCUT2D eigenvalue weighted by atomic mass is 16.4. The molecule has 0 saturated heterocycles. The van der Waals surface area contributed by atoms with Gasteiger partial charge in [-0.25, -0.2) is 9.78 Å². The molecule has 9 nitrogen and oxygen atoms in total. The van der Waals surface area contributed by atoms with Crippen molar-refractivity contribution in [2.24, 2.45) is 0 Å². The van der Waals surface area contributed by atoms with E-state index in [2.05, 4.69) is 9.97 Å². The van der Waals surface area contributed by atoms with Crippen molar-refractivity contribution in [3.63, 3.8) is 0 Å². The van der Waals surface area contributed by atoms with Crippen LogP contribution in [-0.4, -0.2) is 27.0 Å². The molecule has 170 valence electrons. The van der Waals surface area contributed by atoms with E-state index in [9.17, 15) is 14.4 Å². The fraction of sp³-hybridized carbons (Fsp3) is 0.391. The zero-order chi connectivity index (χ0) is 23.1. The molecule has 0 aliphatic rings. The van der Waals surface area contributed by atoms with Gasteiger partial charge in [-0.2, -0.15) is 0 Å². The summed E-state index contributed by atoms with van der Waals surface area (Å²) in [5.74, 6) is 0.790. The lowest BCUT2D eigenvalue weighted by molar-refractivity contribution is -0.118. The maximum atomic E-state index is 13.1. The Morgan fingerprint density at radius 1 is 1.19 bits per heavy atom. The average Bonchev–Trinajstić information content (AvgIpc) is 3.27. The molecule has 0 saturated carbocycles. The predicted molar refractivity (Wildman–Crippen MR) is 124 cm³/mol. The molecule has 2 aromatic heterocycles. The zero-order valence-electron chi connectivity index (χ0n) is 18.5. The van der Waals surface area contributed by atoms with Gasteiger partial charge < -0.3 is 15.1 Å². The number of carbonyl (C=O) groups excluding carboxylic acids is 1. The van der Waals surface area contributed by atoms with Crippen LogP contribution in [-0.2, 0) is 17.8 Å². The van der Waals surface area contributed by atoms with Crippen molar-refractivity contribution in [1.82, 2.24) is 14.5 Å². The van der Waals surface area contributed by atoms with Gasteiger partial charge in [0.2, 0.25) is 5.91 Å². The second-order valence-corrected chi connectivity index (χ2v) is 7.53. The van der Waals surface area contributed by atoms with Crippen molar-refractivity contribution in [3.8, 4) is 11.3 Å². The Bertz CT molecular complexity index is 1160. The number of oxazole rings is 1. The number of amides is 1. The summed E-state index contributed by atoms with van der Waals surface area (Å²) >= 11 is 0. The third-order valence-electron chi connectivity index (χ3n) is 5.13. The number of hydrogen-bond acceptors (Lipinski definition) is 6. The van der Waals surface area contributed by atoms with E-state index in [4.69, 9.17) is 10.2 Å². The normalized spacial score (nSPS) is 10.9. The number of hydrogen-bond donors (Lipinski definition) is 2. The fourth-order valence-corrected chi connectivity index (χ4v) is 3.47. The van der Waals surface area contributed by atoms with E-state index >= 15 is 0 Å². The molecule has 2 heterocycles. The molecular formula is C23H29N5O4. The van der Waals surface area contributed by atoms with Gasteiger partial charge in [0, 0.05) is 31.5 Å². The molecular weight excluding hydrogens is 410 g/mol. The lowest BCUT2D eigenvalue weighted by Crippen LogP contribution is -2.41. The van der Waals surface area contributed by atoms with Crippen LogP contribution >= 0.6 is 0 Å². The van der Waals surface area contributed by atoms with Crippen LogP contribution in [0.5, 0.6) is 0 Å². The van der Waals surface area contributed by atoms with Crippen LogP contribution in [0.15, 0.2) is 50.5 Å². The third-order valence-corrected chi connectivity index (χ3v) is 5.13.